The fraction of sp³-hybridized carbons (Fsp3) is 0.381. The van der Waals surface area contributed by atoms with Gasteiger partial charge in [-0.15, -0.1) is 0 Å². The van der Waals surface area contributed by atoms with E-state index in [9.17, 15) is 14.4 Å². The van der Waals surface area contributed by atoms with E-state index in [2.05, 4.69) is 11.1 Å². The van der Waals surface area contributed by atoms with E-state index < -0.39 is 11.1 Å². The molecule has 0 aliphatic heterocycles. The molecule has 7 heteroatoms. The number of benzene rings is 1. The number of aromatic nitrogens is 1. The maximum atomic E-state index is 14.0. The normalized spacial score (nSPS) is 14.1. The molecule has 1 aliphatic carbocycles. The Kier molecular flexibility index (Phi) is 6.58. The fourth-order valence-corrected chi connectivity index (χ4v) is 4.54. The third-order valence-corrected chi connectivity index (χ3v) is 6.30. The molecule has 2 aromatic rings. The number of rotatable bonds is 5. The Labute approximate surface area is 173 Å². The number of aryl methyl sites for hydroxylation is 2. The number of fused-ring (bicyclic) bond motifs is 1. The molecule has 0 radical (unpaired) electrons. The minimum atomic E-state index is -0.461. The second kappa shape index (κ2) is 8.93. The second-order valence-electron chi connectivity index (χ2n) is 6.92. The lowest BCUT2D eigenvalue weighted by Gasteiger charge is -2.23. The van der Waals surface area contributed by atoms with Crippen LogP contribution in [-0.2, 0) is 24.2 Å². The van der Waals surface area contributed by atoms with Crippen molar-refractivity contribution in [3.63, 3.8) is 0 Å². The molecule has 28 heavy (non-hydrogen) atoms. The van der Waals surface area contributed by atoms with Crippen molar-refractivity contribution in [3.05, 3.63) is 57.5 Å². The number of nitrogens with zero attached hydrogens (tertiary/aromatic N) is 3. The van der Waals surface area contributed by atoms with Crippen LogP contribution in [-0.4, -0.2) is 28.1 Å². The smallest absolute Gasteiger partial charge is 0.235 e. The van der Waals surface area contributed by atoms with Gasteiger partial charge in [0, 0.05) is 29.9 Å². The Morgan fingerprint density at radius 2 is 2.18 bits per heavy atom. The molecule has 1 atom stereocenters. The van der Waals surface area contributed by atoms with Gasteiger partial charge in [0.05, 0.1) is 10.8 Å². The molecule has 1 heterocycles. The summed E-state index contributed by atoms with van der Waals surface area (Å²) in [5.74, 6) is -0.608. The van der Waals surface area contributed by atoms with Crippen LogP contribution in [0.1, 0.15) is 42.1 Å². The standard InChI is InChI=1S/C21H21ClFN3OS/c1-13(21(27)26(2)12-16-17(22)7-5-8-18(16)23)28-20-15(11-24)10-14-6-3-4-9-19(14)25-20/h5,7-8,10,13H,3-4,6,9,12H2,1-2H3. The zero-order valence-electron chi connectivity index (χ0n) is 15.8. The first-order chi connectivity index (χ1) is 13.4. The predicted octanol–water partition coefficient (Wildman–Crippen LogP) is 4.76. The number of carbonyl (C=O) groups excluding carboxylic acids is 1. The van der Waals surface area contributed by atoms with Crippen LogP contribution in [0.25, 0.3) is 0 Å². The van der Waals surface area contributed by atoms with Gasteiger partial charge >= 0.3 is 0 Å². The second-order valence-corrected chi connectivity index (χ2v) is 8.66. The zero-order valence-corrected chi connectivity index (χ0v) is 17.4. The molecule has 0 bridgehead atoms. The van der Waals surface area contributed by atoms with E-state index in [0.29, 0.717) is 21.2 Å². The van der Waals surface area contributed by atoms with E-state index in [0.717, 1.165) is 36.9 Å². The van der Waals surface area contributed by atoms with E-state index in [-0.39, 0.29) is 12.5 Å². The Bertz CT molecular complexity index is 924. The lowest BCUT2D eigenvalue weighted by molar-refractivity contribution is -0.129. The zero-order chi connectivity index (χ0) is 20.3. The van der Waals surface area contributed by atoms with E-state index in [1.807, 2.05) is 6.07 Å². The van der Waals surface area contributed by atoms with Crippen LogP contribution in [0, 0.1) is 17.1 Å². The van der Waals surface area contributed by atoms with Gasteiger partial charge in [-0.05, 0) is 56.4 Å². The van der Waals surface area contributed by atoms with Crippen molar-refractivity contribution in [1.82, 2.24) is 9.88 Å². The van der Waals surface area contributed by atoms with E-state index in [4.69, 9.17) is 11.6 Å². The molecular weight excluding hydrogens is 397 g/mol. The van der Waals surface area contributed by atoms with E-state index in [1.165, 1.54) is 28.8 Å². The molecule has 0 N–H and O–H groups in total. The summed E-state index contributed by atoms with van der Waals surface area (Å²) in [5.41, 5.74) is 2.96. The van der Waals surface area contributed by atoms with Crippen molar-refractivity contribution in [2.24, 2.45) is 0 Å². The van der Waals surface area contributed by atoms with Crippen LogP contribution >= 0.6 is 23.4 Å². The van der Waals surface area contributed by atoms with Gasteiger partial charge in [0.1, 0.15) is 16.9 Å². The highest BCUT2D eigenvalue weighted by Gasteiger charge is 2.24. The molecule has 1 unspecified atom stereocenters. The summed E-state index contributed by atoms with van der Waals surface area (Å²) in [6.45, 7) is 1.85. The number of pyridine rings is 1. The first kappa shape index (κ1) is 20.6. The monoisotopic (exact) mass is 417 g/mol. The summed E-state index contributed by atoms with van der Waals surface area (Å²) in [4.78, 5) is 18.9. The molecule has 146 valence electrons. The van der Waals surface area contributed by atoms with Gasteiger partial charge in [-0.3, -0.25) is 4.79 Å². The van der Waals surface area contributed by atoms with Gasteiger partial charge in [0.2, 0.25) is 5.91 Å². The Balaban J connectivity index is 1.74. The summed E-state index contributed by atoms with van der Waals surface area (Å²) in [5, 5.41) is 9.90. The maximum Gasteiger partial charge on any atom is 0.235 e. The number of hydrogen-bond acceptors (Lipinski definition) is 4. The van der Waals surface area contributed by atoms with E-state index >= 15 is 0 Å². The summed E-state index contributed by atoms with van der Waals surface area (Å²) in [7, 11) is 1.62. The highest BCUT2D eigenvalue weighted by molar-refractivity contribution is 8.00. The molecule has 0 spiro atoms. The number of thioether (sulfide) groups is 1. The largest absolute Gasteiger partial charge is 0.340 e. The topological polar surface area (TPSA) is 57.0 Å². The third-order valence-electron chi connectivity index (χ3n) is 4.86. The molecular formula is C21H21ClFN3OS. The number of halogens is 2. The van der Waals surface area contributed by atoms with Gasteiger partial charge < -0.3 is 4.90 Å². The van der Waals surface area contributed by atoms with Crippen LogP contribution in [0.2, 0.25) is 5.02 Å². The number of nitriles is 1. The molecule has 1 aliphatic rings. The summed E-state index contributed by atoms with van der Waals surface area (Å²) >= 11 is 7.34. The van der Waals surface area contributed by atoms with Crippen molar-refractivity contribution in [1.29, 1.82) is 5.26 Å². The molecule has 0 saturated heterocycles. The quantitative estimate of drug-likeness (QED) is 0.658. The lowest BCUT2D eigenvalue weighted by Crippen LogP contribution is -2.33. The molecule has 1 amide bonds. The molecule has 0 fully saturated rings. The fourth-order valence-electron chi connectivity index (χ4n) is 3.31. The summed E-state index contributed by atoms with van der Waals surface area (Å²) < 4.78 is 14.0. The maximum absolute atomic E-state index is 14.0. The summed E-state index contributed by atoms with van der Waals surface area (Å²) in [6.07, 6.45) is 4.06. The van der Waals surface area contributed by atoms with E-state index in [1.54, 1.807) is 20.0 Å². The van der Waals surface area contributed by atoms with Gasteiger partial charge in [-0.2, -0.15) is 5.26 Å². The molecule has 3 rings (SSSR count). The van der Waals surface area contributed by atoms with Crippen molar-refractivity contribution in [3.8, 4) is 6.07 Å². The Hall–Kier alpha value is -2.10. The highest BCUT2D eigenvalue weighted by atomic mass is 35.5. The van der Waals surface area contributed by atoms with Crippen LogP contribution in [0.15, 0.2) is 29.3 Å². The first-order valence-corrected chi connectivity index (χ1v) is 10.4. The van der Waals surface area contributed by atoms with Crippen molar-refractivity contribution in [2.75, 3.05) is 7.05 Å². The summed E-state index contributed by atoms with van der Waals surface area (Å²) in [6, 6.07) is 8.57. The van der Waals surface area contributed by atoms with Crippen molar-refractivity contribution < 1.29 is 9.18 Å². The Morgan fingerprint density at radius 1 is 1.43 bits per heavy atom. The molecule has 1 aromatic carbocycles. The van der Waals surface area contributed by atoms with Crippen molar-refractivity contribution >= 4 is 29.3 Å². The predicted molar refractivity (Wildman–Crippen MR) is 109 cm³/mol. The number of carbonyl (C=O) groups is 1. The van der Waals surface area contributed by atoms with Gasteiger partial charge in [-0.25, -0.2) is 9.37 Å². The number of amides is 1. The van der Waals surface area contributed by atoms with Gasteiger partial charge in [0.25, 0.3) is 0 Å². The van der Waals surface area contributed by atoms with Crippen LogP contribution in [0.5, 0.6) is 0 Å². The Morgan fingerprint density at radius 3 is 2.89 bits per heavy atom. The minimum Gasteiger partial charge on any atom is -0.340 e. The molecule has 4 nitrogen and oxygen atoms in total. The van der Waals surface area contributed by atoms with Crippen LogP contribution < -0.4 is 0 Å². The third kappa shape index (κ3) is 4.48. The molecule has 1 aromatic heterocycles. The number of hydrogen-bond donors (Lipinski definition) is 0. The van der Waals surface area contributed by atoms with Crippen LogP contribution in [0.3, 0.4) is 0 Å². The first-order valence-electron chi connectivity index (χ1n) is 9.18. The van der Waals surface area contributed by atoms with Crippen LogP contribution in [0.4, 0.5) is 4.39 Å². The SMILES string of the molecule is CC(Sc1nc2c(cc1C#N)CCCC2)C(=O)N(C)Cc1c(F)cccc1Cl. The van der Waals surface area contributed by atoms with Gasteiger partial charge in [-0.1, -0.05) is 29.4 Å². The van der Waals surface area contributed by atoms with Gasteiger partial charge in [0.15, 0.2) is 0 Å². The minimum absolute atomic E-state index is 0.0813. The average Bonchev–Trinajstić information content (AvgIpc) is 2.69. The highest BCUT2D eigenvalue weighted by Crippen LogP contribution is 2.30. The average molecular weight is 418 g/mol. The lowest BCUT2D eigenvalue weighted by atomic mass is 9.95. The molecule has 0 saturated carbocycles. The van der Waals surface area contributed by atoms with Crippen molar-refractivity contribution in [2.45, 2.75) is 49.4 Å².